The summed E-state index contributed by atoms with van der Waals surface area (Å²) in [7, 11) is 0. The molecule has 0 aliphatic carbocycles. The SMILES string of the molecule is CCC(N)C(=O)NC(C)CSC. The Hall–Kier alpha value is -0.220. The van der Waals surface area contributed by atoms with Crippen LogP contribution in [0.4, 0.5) is 0 Å². The summed E-state index contributed by atoms with van der Waals surface area (Å²) in [5, 5.41) is 2.85. The average molecular weight is 190 g/mol. The number of thioether (sulfide) groups is 1. The zero-order valence-corrected chi connectivity index (χ0v) is 8.78. The summed E-state index contributed by atoms with van der Waals surface area (Å²) in [6.45, 7) is 3.89. The molecule has 0 fully saturated rings. The topological polar surface area (TPSA) is 55.1 Å². The van der Waals surface area contributed by atoms with Crippen molar-refractivity contribution in [3.05, 3.63) is 0 Å². The van der Waals surface area contributed by atoms with Crippen molar-refractivity contribution in [1.82, 2.24) is 5.32 Å². The van der Waals surface area contributed by atoms with Gasteiger partial charge in [-0.25, -0.2) is 0 Å². The van der Waals surface area contributed by atoms with E-state index in [0.29, 0.717) is 6.42 Å². The third-order valence-electron chi connectivity index (χ3n) is 1.58. The standard InChI is InChI=1S/C8H18N2OS/c1-4-7(9)8(11)10-6(2)5-12-3/h6-7H,4-5,9H2,1-3H3,(H,10,11). The van der Waals surface area contributed by atoms with Crippen LogP contribution in [0.3, 0.4) is 0 Å². The zero-order valence-electron chi connectivity index (χ0n) is 7.96. The van der Waals surface area contributed by atoms with Crippen LogP contribution in [-0.4, -0.2) is 30.0 Å². The molecule has 0 aromatic rings. The van der Waals surface area contributed by atoms with Gasteiger partial charge in [0.1, 0.15) is 0 Å². The third-order valence-corrected chi connectivity index (χ3v) is 2.42. The molecular weight excluding hydrogens is 172 g/mol. The van der Waals surface area contributed by atoms with Gasteiger partial charge in [0.25, 0.3) is 0 Å². The van der Waals surface area contributed by atoms with Crippen LogP contribution in [0.2, 0.25) is 0 Å². The normalized spacial score (nSPS) is 15.3. The minimum absolute atomic E-state index is 0.0425. The molecule has 0 rings (SSSR count). The van der Waals surface area contributed by atoms with Crippen molar-refractivity contribution >= 4 is 17.7 Å². The average Bonchev–Trinajstić information content (AvgIpc) is 2.03. The Morgan fingerprint density at radius 3 is 2.67 bits per heavy atom. The first-order valence-corrected chi connectivity index (χ1v) is 5.56. The molecule has 72 valence electrons. The fourth-order valence-corrected chi connectivity index (χ4v) is 1.41. The quantitative estimate of drug-likeness (QED) is 0.667. The lowest BCUT2D eigenvalue weighted by atomic mass is 10.2. The maximum absolute atomic E-state index is 11.2. The molecular formula is C8H18N2OS. The number of nitrogens with one attached hydrogen (secondary N) is 1. The van der Waals surface area contributed by atoms with E-state index in [2.05, 4.69) is 5.32 Å². The molecule has 3 nitrogen and oxygen atoms in total. The van der Waals surface area contributed by atoms with Gasteiger partial charge < -0.3 is 11.1 Å². The van der Waals surface area contributed by atoms with Crippen molar-refractivity contribution in [1.29, 1.82) is 0 Å². The Morgan fingerprint density at radius 2 is 2.25 bits per heavy atom. The smallest absolute Gasteiger partial charge is 0.237 e. The van der Waals surface area contributed by atoms with Gasteiger partial charge in [0.15, 0.2) is 0 Å². The number of hydrogen-bond acceptors (Lipinski definition) is 3. The van der Waals surface area contributed by atoms with E-state index in [1.165, 1.54) is 0 Å². The highest BCUT2D eigenvalue weighted by Crippen LogP contribution is 1.96. The lowest BCUT2D eigenvalue weighted by Crippen LogP contribution is -2.44. The van der Waals surface area contributed by atoms with Crippen molar-refractivity contribution in [2.45, 2.75) is 32.4 Å². The molecule has 1 amide bonds. The Bertz CT molecular complexity index is 141. The summed E-state index contributed by atoms with van der Waals surface area (Å²) in [6.07, 6.45) is 2.71. The summed E-state index contributed by atoms with van der Waals surface area (Å²) >= 11 is 1.72. The number of carbonyl (C=O) groups is 1. The molecule has 0 spiro atoms. The first-order chi connectivity index (χ1) is 5.61. The predicted molar refractivity (Wildman–Crippen MR) is 54.3 cm³/mol. The Kier molecular flexibility index (Phi) is 6.20. The van der Waals surface area contributed by atoms with Crippen LogP contribution in [-0.2, 0) is 4.79 Å². The summed E-state index contributed by atoms with van der Waals surface area (Å²) in [5.74, 6) is 0.890. The predicted octanol–water partition coefficient (Wildman–Crippen LogP) is 0.591. The van der Waals surface area contributed by atoms with Crippen LogP contribution in [0, 0.1) is 0 Å². The highest BCUT2D eigenvalue weighted by molar-refractivity contribution is 7.98. The molecule has 0 aliphatic heterocycles. The Morgan fingerprint density at radius 1 is 1.67 bits per heavy atom. The Labute approximate surface area is 78.5 Å². The van der Waals surface area contributed by atoms with Gasteiger partial charge in [-0.1, -0.05) is 6.92 Å². The second kappa shape index (κ2) is 6.31. The molecule has 0 bridgehead atoms. The van der Waals surface area contributed by atoms with Gasteiger partial charge in [0, 0.05) is 11.8 Å². The molecule has 0 radical (unpaired) electrons. The van der Waals surface area contributed by atoms with Crippen molar-refractivity contribution < 1.29 is 4.79 Å². The van der Waals surface area contributed by atoms with Gasteiger partial charge in [-0.15, -0.1) is 0 Å². The molecule has 0 saturated heterocycles. The van der Waals surface area contributed by atoms with Gasteiger partial charge in [0.05, 0.1) is 6.04 Å². The van der Waals surface area contributed by atoms with Gasteiger partial charge in [-0.3, -0.25) is 4.79 Å². The summed E-state index contributed by atoms with van der Waals surface area (Å²) < 4.78 is 0. The lowest BCUT2D eigenvalue weighted by molar-refractivity contribution is -0.122. The minimum Gasteiger partial charge on any atom is -0.351 e. The lowest BCUT2D eigenvalue weighted by Gasteiger charge is -2.15. The molecule has 0 saturated carbocycles. The maximum Gasteiger partial charge on any atom is 0.237 e. The highest BCUT2D eigenvalue weighted by Gasteiger charge is 2.12. The number of carbonyl (C=O) groups excluding carboxylic acids is 1. The van der Waals surface area contributed by atoms with Crippen molar-refractivity contribution in [2.24, 2.45) is 5.73 Å². The van der Waals surface area contributed by atoms with Gasteiger partial charge in [-0.05, 0) is 19.6 Å². The van der Waals surface area contributed by atoms with E-state index in [1.54, 1.807) is 11.8 Å². The van der Waals surface area contributed by atoms with Crippen LogP contribution in [0.5, 0.6) is 0 Å². The van der Waals surface area contributed by atoms with E-state index in [9.17, 15) is 4.79 Å². The largest absolute Gasteiger partial charge is 0.351 e. The molecule has 3 N–H and O–H groups in total. The molecule has 0 aromatic heterocycles. The maximum atomic E-state index is 11.2. The Balaban J connectivity index is 3.67. The van der Waals surface area contributed by atoms with Crippen molar-refractivity contribution in [3.63, 3.8) is 0 Å². The van der Waals surface area contributed by atoms with Crippen LogP contribution in [0.1, 0.15) is 20.3 Å². The molecule has 0 aromatic carbocycles. The number of amides is 1. The van der Waals surface area contributed by atoms with Gasteiger partial charge in [0.2, 0.25) is 5.91 Å². The van der Waals surface area contributed by atoms with E-state index in [0.717, 1.165) is 5.75 Å². The van der Waals surface area contributed by atoms with Crippen LogP contribution < -0.4 is 11.1 Å². The van der Waals surface area contributed by atoms with Crippen molar-refractivity contribution in [2.75, 3.05) is 12.0 Å². The van der Waals surface area contributed by atoms with E-state index in [4.69, 9.17) is 5.73 Å². The fraction of sp³-hybridized carbons (Fsp3) is 0.875. The van der Waals surface area contributed by atoms with E-state index in [-0.39, 0.29) is 18.0 Å². The number of nitrogens with two attached hydrogens (primary N) is 1. The van der Waals surface area contributed by atoms with Gasteiger partial charge in [-0.2, -0.15) is 11.8 Å². The van der Waals surface area contributed by atoms with E-state index < -0.39 is 0 Å². The first kappa shape index (κ1) is 11.8. The summed E-state index contributed by atoms with van der Waals surface area (Å²) in [4.78, 5) is 11.2. The molecule has 4 heteroatoms. The van der Waals surface area contributed by atoms with Crippen molar-refractivity contribution in [3.8, 4) is 0 Å². The number of hydrogen-bond donors (Lipinski definition) is 2. The van der Waals surface area contributed by atoms with Gasteiger partial charge >= 0.3 is 0 Å². The fourth-order valence-electron chi connectivity index (χ4n) is 0.827. The summed E-state index contributed by atoms with van der Waals surface area (Å²) in [5.41, 5.74) is 5.54. The zero-order chi connectivity index (χ0) is 9.56. The first-order valence-electron chi connectivity index (χ1n) is 4.16. The van der Waals surface area contributed by atoms with Crippen LogP contribution in [0.15, 0.2) is 0 Å². The molecule has 0 aliphatic rings. The second-order valence-electron chi connectivity index (χ2n) is 2.88. The third kappa shape index (κ3) is 4.62. The van der Waals surface area contributed by atoms with E-state index in [1.807, 2.05) is 20.1 Å². The molecule has 2 unspecified atom stereocenters. The second-order valence-corrected chi connectivity index (χ2v) is 3.79. The summed E-state index contributed by atoms with van der Waals surface area (Å²) in [6, 6.07) is -0.139. The molecule has 12 heavy (non-hydrogen) atoms. The van der Waals surface area contributed by atoms with E-state index >= 15 is 0 Å². The molecule has 2 atom stereocenters. The number of rotatable bonds is 5. The highest BCUT2D eigenvalue weighted by atomic mass is 32.2. The van der Waals surface area contributed by atoms with Crippen LogP contribution in [0.25, 0.3) is 0 Å². The molecule has 0 heterocycles. The minimum atomic E-state index is -0.352. The van der Waals surface area contributed by atoms with Crippen LogP contribution >= 0.6 is 11.8 Å². The monoisotopic (exact) mass is 190 g/mol.